The summed E-state index contributed by atoms with van der Waals surface area (Å²) in [4.78, 5) is 19.2. The first-order valence-electron chi connectivity index (χ1n) is 8.30. The Hall–Kier alpha value is -1.77. The summed E-state index contributed by atoms with van der Waals surface area (Å²) in [5.41, 5.74) is 1.35. The Morgan fingerprint density at radius 1 is 1.17 bits per heavy atom. The highest BCUT2D eigenvalue weighted by Gasteiger charge is 2.45. The van der Waals surface area contributed by atoms with E-state index >= 15 is 0 Å². The highest BCUT2D eigenvalue weighted by Crippen LogP contribution is 2.44. The molecule has 1 saturated heterocycles. The molecule has 29 heavy (non-hydrogen) atoms. The second kappa shape index (κ2) is 8.16. The summed E-state index contributed by atoms with van der Waals surface area (Å²) in [5, 5.41) is 14.1. The number of Topliss-reactive ketones (excluding diaryl/α,β-unsaturated/α-hetero) is 1. The number of nitrogens with zero attached hydrogens (tertiary/aromatic N) is 2. The summed E-state index contributed by atoms with van der Waals surface area (Å²) in [6.07, 6.45) is 1.63. The van der Waals surface area contributed by atoms with Gasteiger partial charge in [-0.25, -0.2) is 4.98 Å². The van der Waals surface area contributed by atoms with Crippen LogP contribution in [0.25, 0.3) is 5.76 Å². The summed E-state index contributed by atoms with van der Waals surface area (Å²) in [5.74, 6) is -0.563. The van der Waals surface area contributed by atoms with Crippen LogP contribution in [0.5, 0.6) is 0 Å². The molecule has 146 valence electrons. The Kier molecular flexibility index (Phi) is 5.77. The van der Waals surface area contributed by atoms with Crippen molar-refractivity contribution in [3.05, 3.63) is 85.3 Å². The van der Waals surface area contributed by atoms with Crippen molar-refractivity contribution in [1.29, 1.82) is 0 Å². The molecular formula is C20H11BrCl2N2O2S2. The van der Waals surface area contributed by atoms with Gasteiger partial charge in [0.1, 0.15) is 5.76 Å². The molecule has 0 spiro atoms. The molecule has 1 aliphatic heterocycles. The number of thiazole rings is 1. The molecular weight excluding hydrogens is 515 g/mol. The van der Waals surface area contributed by atoms with Gasteiger partial charge in [-0.3, -0.25) is 9.69 Å². The van der Waals surface area contributed by atoms with Gasteiger partial charge in [-0.1, -0.05) is 69.5 Å². The van der Waals surface area contributed by atoms with Crippen LogP contribution in [0.4, 0.5) is 5.13 Å². The van der Waals surface area contributed by atoms with Gasteiger partial charge in [-0.05, 0) is 29.8 Å². The SMILES string of the molecule is O=C1C(=S)N(c2nccs2)C(c2ccc(Cl)c(Cl)c2)/C1=C(\O)c1ccc(Br)cc1. The van der Waals surface area contributed by atoms with Crippen molar-refractivity contribution in [3.63, 3.8) is 0 Å². The maximum absolute atomic E-state index is 13.1. The van der Waals surface area contributed by atoms with Crippen LogP contribution in [-0.4, -0.2) is 20.9 Å². The van der Waals surface area contributed by atoms with E-state index in [1.165, 1.54) is 11.3 Å². The second-order valence-corrected chi connectivity index (χ2v) is 9.15. The highest BCUT2D eigenvalue weighted by atomic mass is 79.9. The standard InChI is InChI=1S/C20H11BrCl2N2O2S2/c21-12-4-1-10(2-5-12)17(26)15-16(11-3-6-13(22)14(23)9-11)25(19(28)18(15)27)20-24-7-8-29-20/h1-9,16,26H/b17-15+. The molecule has 4 rings (SSSR count). The van der Waals surface area contributed by atoms with E-state index in [2.05, 4.69) is 20.9 Å². The Labute approximate surface area is 194 Å². The largest absolute Gasteiger partial charge is 0.507 e. The van der Waals surface area contributed by atoms with Gasteiger partial charge in [0.05, 0.1) is 21.7 Å². The van der Waals surface area contributed by atoms with Gasteiger partial charge in [0, 0.05) is 21.6 Å². The van der Waals surface area contributed by atoms with Crippen molar-refractivity contribution in [3.8, 4) is 0 Å². The Balaban J connectivity index is 1.95. The average Bonchev–Trinajstić information content (AvgIpc) is 3.31. The van der Waals surface area contributed by atoms with E-state index in [1.54, 1.807) is 58.9 Å². The fourth-order valence-corrected chi connectivity index (χ4v) is 4.73. The van der Waals surface area contributed by atoms with Crippen LogP contribution in [0.2, 0.25) is 10.0 Å². The van der Waals surface area contributed by atoms with E-state index in [0.29, 0.717) is 26.3 Å². The van der Waals surface area contributed by atoms with Crippen LogP contribution in [0.3, 0.4) is 0 Å². The van der Waals surface area contributed by atoms with Crippen LogP contribution in [0, 0.1) is 0 Å². The summed E-state index contributed by atoms with van der Waals surface area (Å²) >= 11 is 22.5. The summed E-state index contributed by atoms with van der Waals surface area (Å²) in [7, 11) is 0. The minimum atomic E-state index is -0.681. The molecule has 2 heterocycles. The number of carbonyl (C=O) groups is 1. The zero-order valence-corrected chi connectivity index (χ0v) is 19.2. The van der Waals surface area contributed by atoms with Crippen LogP contribution in [-0.2, 0) is 4.79 Å². The van der Waals surface area contributed by atoms with Gasteiger partial charge in [-0.15, -0.1) is 11.3 Å². The molecule has 0 amide bonds. The monoisotopic (exact) mass is 524 g/mol. The number of halogens is 3. The quantitative estimate of drug-likeness (QED) is 0.236. The van der Waals surface area contributed by atoms with E-state index in [9.17, 15) is 9.90 Å². The van der Waals surface area contributed by atoms with Gasteiger partial charge in [0.2, 0.25) is 5.78 Å². The van der Waals surface area contributed by atoms with Crippen molar-refractivity contribution < 1.29 is 9.90 Å². The minimum absolute atomic E-state index is 0.0645. The third-order valence-electron chi connectivity index (χ3n) is 4.45. The maximum atomic E-state index is 13.1. The predicted octanol–water partition coefficient (Wildman–Crippen LogP) is 6.64. The number of hydrogen-bond acceptors (Lipinski definition) is 5. The molecule has 1 unspecified atom stereocenters. The number of aliphatic hydroxyl groups is 1. The van der Waals surface area contributed by atoms with Crippen LogP contribution < -0.4 is 4.90 Å². The molecule has 0 radical (unpaired) electrons. The third-order valence-corrected chi connectivity index (χ3v) is 6.87. The smallest absolute Gasteiger partial charge is 0.222 e. The van der Waals surface area contributed by atoms with Crippen LogP contribution in [0.15, 0.2) is 64.1 Å². The molecule has 2 aromatic carbocycles. The van der Waals surface area contributed by atoms with E-state index in [-0.39, 0.29) is 16.3 Å². The number of aromatic nitrogens is 1. The molecule has 0 bridgehead atoms. The number of benzene rings is 2. The molecule has 0 aliphatic carbocycles. The van der Waals surface area contributed by atoms with E-state index in [1.807, 2.05) is 0 Å². The molecule has 3 aromatic rings. The number of rotatable bonds is 3. The Morgan fingerprint density at radius 2 is 1.90 bits per heavy atom. The van der Waals surface area contributed by atoms with Crippen molar-refractivity contribution in [2.75, 3.05) is 4.90 Å². The number of hydrogen-bond donors (Lipinski definition) is 1. The summed E-state index contributed by atoms with van der Waals surface area (Å²) < 4.78 is 0.859. The van der Waals surface area contributed by atoms with Gasteiger partial charge in [0.15, 0.2) is 10.1 Å². The Morgan fingerprint density at radius 3 is 2.52 bits per heavy atom. The Bertz CT molecular complexity index is 1150. The molecule has 1 fully saturated rings. The van der Waals surface area contributed by atoms with Gasteiger partial charge < -0.3 is 5.11 Å². The molecule has 1 aliphatic rings. The van der Waals surface area contributed by atoms with Crippen molar-refractivity contribution in [1.82, 2.24) is 4.98 Å². The molecule has 0 saturated carbocycles. The molecule has 1 aromatic heterocycles. The number of carbonyl (C=O) groups excluding carboxylic acids is 1. The molecule has 1 atom stereocenters. The van der Waals surface area contributed by atoms with Crippen molar-refractivity contribution in [2.24, 2.45) is 0 Å². The third kappa shape index (κ3) is 3.73. The lowest BCUT2D eigenvalue weighted by Gasteiger charge is -2.24. The first-order valence-corrected chi connectivity index (χ1v) is 11.1. The predicted molar refractivity (Wildman–Crippen MR) is 125 cm³/mol. The maximum Gasteiger partial charge on any atom is 0.222 e. The van der Waals surface area contributed by atoms with Crippen LogP contribution in [0.1, 0.15) is 17.2 Å². The van der Waals surface area contributed by atoms with Crippen molar-refractivity contribution >= 4 is 84.3 Å². The second-order valence-electron chi connectivity index (χ2n) is 6.16. The topological polar surface area (TPSA) is 53.4 Å². The number of aliphatic hydroxyl groups excluding tert-OH is 1. The average molecular weight is 526 g/mol. The van der Waals surface area contributed by atoms with Gasteiger partial charge in [-0.2, -0.15) is 0 Å². The van der Waals surface area contributed by atoms with E-state index < -0.39 is 11.8 Å². The fourth-order valence-electron chi connectivity index (χ4n) is 3.13. The number of anilines is 1. The first kappa shape index (κ1) is 20.5. The molecule has 9 heteroatoms. The number of ketones is 1. The molecule has 1 N–H and O–H groups in total. The zero-order chi connectivity index (χ0) is 20.7. The lowest BCUT2D eigenvalue weighted by atomic mass is 9.95. The highest BCUT2D eigenvalue weighted by molar-refractivity contribution is 9.10. The van der Waals surface area contributed by atoms with Gasteiger partial charge >= 0.3 is 0 Å². The number of thiocarbonyl (C=S) groups is 1. The lowest BCUT2D eigenvalue weighted by Crippen LogP contribution is -2.27. The van der Waals surface area contributed by atoms with Crippen LogP contribution >= 0.6 is 62.7 Å². The van der Waals surface area contributed by atoms with Crippen molar-refractivity contribution in [2.45, 2.75) is 6.04 Å². The zero-order valence-electron chi connectivity index (χ0n) is 14.5. The lowest BCUT2D eigenvalue weighted by molar-refractivity contribution is -0.109. The van der Waals surface area contributed by atoms with E-state index in [4.69, 9.17) is 35.4 Å². The fraction of sp³-hybridized carbons (Fsp3) is 0.0500. The minimum Gasteiger partial charge on any atom is -0.507 e. The van der Waals surface area contributed by atoms with E-state index in [0.717, 1.165) is 4.47 Å². The first-order chi connectivity index (χ1) is 13.9. The summed E-state index contributed by atoms with van der Waals surface area (Å²) in [6, 6.07) is 11.4. The van der Waals surface area contributed by atoms with Gasteiger partial charge in [0.25, 0.3) is 0 Å². The normalized spacial score (nSPS) is 18.4. The summed E-state index contributed by atoms with van der Waals surface area (Å²) in [6.45, 7) is 0. The molecule has 4 nitrogen and oxygen atoms in total.